The molecule has 0 aliphatic carbocycles. The molecule has 3 aliphatic rings. The van der Waals surface area contributed by atoms with Crippen molar-refractivity contribution in [3.63, 3.8) is 0 Å². The van der Waals surface area contributed by atoms with Gasteiger partial charge >= 0.3 is 11.8 Å². The fourth-order valence-electron chi connectivity index (χ4n) is 6.70. The van der Waals surface area contributed by atoms with E-state index in [1.807, 2.05) is 35.2 Å². The molecule has 10 nitrogen and oxygen atoms in total. The van der Waals surface area contributed by atoms with Crippen molar-refractivity contribution >= 4 is 46.2 Å². The first-order chi connectivity index (χ1) is 20.9. The Morgan fingerprint density at radius 2 is 1.53 bits per heavy atom. The van der Waals surface area contributed by atoms with Crippen molar-refractivity contribution in [2.24, 2.45) is 0 Å². The van der Waals surface area contributed by atoms with Gasteiger partial charge in [-0.05, 0) is 55.5 Å². The molecule has 2 N–H and O–H groups in total. The second kappa shape index (κ2) is 13.3. The predicted octanol–water partition coefficient (Wildman–Crippen LogP) is 3.92. The van der Waals surface area contributed by atoms with Crippen LogP contribution in [0.15, 0.2) is 47.3 Å². The first-order valence-electron chi connectivity index (χ1n) is 15.2. The van der Waals surface area contributed by atoms with Crippen LogP contribution in [0, 0.1) is 0 Å². The van der Waals surface area contributed by atoms with E-state index in [-0.39, 0.29) is 24.1 Å². The van der Waals surface area contributed by atoms with Gasteiger partial charge in [0.25, 0.3) is 5.91 Å². The number of nitrogens with zero attached hydrogens (tertiary/aromatic N) is 4. The molecular weight excluding hydrogens is 591 g/mol. The number of piperidine rings is 2. The molecule has 6 rings (SSSR count). The minimum atomic E-state index is -0.977. The summed E-state index contributed by atoms with van der Waals surface area (Å²) in [5.41, 5.74) is 2.29. The number of carbonyl (C=O) groups is 2. The Morgan fingerprint density at radius 3 is 2.26 bits per heavy atom. The number of hydrogen-bond acceptors (Lipinski definition) is 6. The number of H-pyrrole nitrogens is 1. The van der Waals surface area contributed by atoms with E-state index in [2.05, 4.69) is 15.2 Å². The van der Waals surface area contributed by atoms with Gasteiger partial charge in [0.05, 0.1) is 21.1 Å². The SMILES string of the molecule is O=C(O[C@H](Cc1ccc(Cl)c(Cl)c1)C(=O)N1CCC(N2CCNCC2)CC1)N1CCC(n2c(=O)[nH]c3ccccc32)CC1. The number of amides is 2. The van der Waals surface area contributed by atoms with Crippen molar-refractivity contribution in [1.82, 2.24) is 29.6 Å². The van der Waals surface area contributed by atoms with Gasteiger partial charge in [0.15, 0.2) is 6.10 Å². The highest BCUT2D eigenvalue weighted by Gasteiger charge is 2.35. The number of aromatic amines is 1. The van der Waals surface area contributed by atoms with Crippen molar-refractivity contribution in [2.45, 2.75) is 50.3 Å². The molecule has 0 saturated carbocycles. The number of halogens is 2. The maximum atomic E-state index is 13.8. The van der Waals surface area contributed by atoms with Crippen LogP contribution in [0.1, 0.15) is 37.3 Å². The molecular formula is C31H38Cl2N6O4. The van der Waals surface area contributed by atoms with Crippen LogP contribution in [-0.2, 0) is 16.0 Å². The van der Waals surface area contributed by atoms with Crippen molar-refractivity contribution < 1.29 is 14.3 Å². The molecule has 3 aromatic rings. The first kappa shape index (κ1) is 30.0. The number of ether oxygens (including phenoxy) is 1. The lowest BCUT2D eigenvalue weighted by Gasteiger charge is -2.41. The Hall–Kier alpha value is -3.05. The summed E-state index contributed by atoms with van der Waals surface area (Å²) >= 11 is 12.4. The van der Waals surface area contributed by atoms with E-state index in [4.69, 9.17) is 27.9 Å². The molecule has 0 bridgehead atoms. The molecule has 0 spiro atoms. The monoisotopic (exact) mass is 628 g/mol. The number of rotatable bonds is 6. The lowest BCUT2D eigenvalue weighted by molar-refractivity contribution is -0.142. The van der Waals surface area contributed by atoms with Gasteiger partial charge in [-0.2, -0.15) is 0 Å². The number of carbonyl (C=O) groups excluding carboxylic acids is 2. The number of hydrogen-bond donors (Lipinski definition) is 2. The molecule has 0 radical (unpaired) electrons. The van der Waals surface area contributed by atoms with Crippen molar-refractivity contribution in [3.8, 4) is 0 Å². The molecule has 3 saturated heterocycles. The van der Waals surface area contributed by atoms with Gasteiger partial charge < -0.3 is 24.8 Å². The third-order valence-corrected chi connectivity index (χ3v) is 9.82. The maximum Gasteiger partial charge on any atom is 0.410 e. The Morgan fingerprint density at radius 1 is 0.860 bits per heavy atom. The van der Waals surface area contributed by atoms with E-state index in [9.17, 15) is 14.4 Å². The number of aromatic nitrogens is 2. The molecule has 3 fully saturated rings. The minimum absolute atomic E-state index is 0.0293. The second-order valence-corrected chi connectivity index (χ2v) is 12.5. The Balaban J connectivity index is 1.11. The van der Waals surface area contributed by atoms with Crippen LogP contribution in [0.3, 0.4) is 0 Å². The quantitative estimate of drug-likeness (QED) is 0.429. The molecule has 2 amide bonds. The van der Waals surface area contributed by atoms with E-state index in [1.165, 1.54) is 0 Å². The summed E-state index contributed by atoms with van der Waals surface area (Å²) in [7, 11) is 0. The number of piperazine rings is 1. The fraction of sp³-hybridized carbons (Fsp3) is 0.516. The van der Waals surface area contributed by atoms with Gasteiger partial charge in [-0.3, -0.25) is 14.3 Å². The molecule has 3 aliphatic heterocycles. The van der Waals surface area contributed by atoms with E-state index in [0.29, 0.717) is 55.1 Å². The fourth-order valence-corrected chi connectivity index (χ4v) is 7.02. The maximum absolute atomic E-state index is 13.8. The zero-order valence-electron chi connectivity index (χ0n) is 24.1. The molecule has 1 aromatic heterocycles. The topological polar surface area (TPSA) is 103 Å². The lowest BCUT2D eigenvalue weighted by Crippen LogP contribution is -2.54. The number of imidazole rings is 1. The van der Waals surface area contributed by atoms with Crippen LogP contribution in [0.2, 0.25) is 10.0 Å². The number of likely N-dealkylation sites (tertiary alicyclic amines) is 2. The highest BCUT2D eigenvalue weighted by molar-refractivity contribution is 6.42. The minimum Gasteiger partial charge on any atom is -0.436 e. The van der Waals surface area contributed by atoms with E-state index in [1.54, 1.807) is 21.6 Å². The van der Waals surface area contributed by atoms with Crippen molar-refractivity contribution in [2.75, 3.05) is 52.4 Å². The van der Waals surface area contributed by atoms with Crippen LogP contribution in [-0.4, -0.2) is 101 Å². The van der Waals surface area contributed by atoms with Gasteiger partial charge in [-0.15, -0.1) is 0 Å². The van der Waals surface area contributed by atoms with Crippen LogP contribution in [0.25, 0.3) is 11.0 Å². The highest BCUT2D eigenvalue weighted by atomic mass is 35.5. The summed E-state index contributed by atoms with van der Waals surface area (Å²) in [5, 5.41) is 4.22. The Labute approximate surface area is 260 Å². The summed E-state index contributed by atoms with van der Waals surface area (Å²) in [4.78, 5) is 48.9. The average Bonchev–Trinajstić information content (AvgIpc) is 3.38. The van der Waals surface area contributed by atoms with Crippen LogP contribution in [0.4, 0.5) is 4.79 Å². The first-order valence-corrected chi connectivity index (χ1v) is 16.0. The molecule has 43 heavy (non-hydrogen) atoms. The molecule has 0 unspecified atom stereocenters. The molecule has 230 valence electrons. The third-order valence-electron chi connectivity index (χ3n) is 9.08. The number of benzene rings is 2. The number of fused-ring (bicyclic) bond motifs is 1. The molecule has 12 heteroatoms. The largest absolute Gasteiger partial charge is 0.436 e. The van der Waals surface area contributed by atoms with Gasteiger partial charge in [-0.1, -0.05) is 41.4 Å². The smallest absolute Gasteiger partial charge is 0.410 e. The zero-order chi connectivity index (χ0) is 29.9. The lowest BCUT2D eigenvalue weighted by atomic mass is 10.0. The second-order valence-electron chi connectivity index (χ2n) is 11.7. The van der Waals surface area contributed by atoms with Crippen LogP contribution >= 0.6 is 23.2 Å². The van der Waals surface area contributed by atoms with Crippen LogP contribution < -0.4 is 11.0 Å². The average molecular weight is 630 g/mol. The van der Waals surface area contributed by atoms with Gasteiger partial charge in [-0.25, -0.2) is 9.59 Å². The van der Waals surface area contributed by atoms with Crippen LogP contribution in [0.5, 0.6) is 0 Å². The summed E-state index contributed by atoms with van der Waals surface area (Å²) in [6.45, 7) is 6.18. The molecule has 2 aromatic carbocycles. The third kappa shape index (κ3) is 6.72. The van der Waals surface area contributed by atoms with E-state index < -0.39 is 12.2 Å². The summed E-state index contributed by atoms with van der Waals surface area (Å²) in [6.07, 6.45) is 1.75. The van der Waals surface area contributed by atoms with E-state index >= 15 is 0 Å². The highest BCUT2D eigenvalue weighted by Crippen LogP contribution is 2.27. The molecule has 4 heterocycles. The predicted molar refractivity (Wildman–Crippen MR) is 167 cm³/mol. The van der Waals surface area contributed by atoms with E-state index in [0.717, 1.165) is 55.6 Å². The number of nitrogens with one attached hydrogen (secondary N) is 2. The molecule has 1 atom stereocenters. The normalized spacial score (nSPS) is 20.0. The van der Waals surface area contributed by atoms with Gasteiger partial charge in [0, 0.05) is 70.9 Å². The summed E-state index contributed by atoms with van der Waals surface area (Å²) in [6, 6.07) is 13.3. The number of para-hydroxylation sites is 2. The summed E-state index contributed by atoms with van der Waals surface area (Å²) < 4.78 is 7.76. The van der Waals surface area contributed by atoms with Crippen molar-refractivity contribution in [1.29, 1.82) is 0 Å². The Bertz CT molecular complexity index is 1500. The van der Waals surface area contributed by atoms with Gasteiger partial charge in [0.1, 0.15) is 0 Å². The Kier molecular flexibility index (Phi) is 9.28. The van der Waals surface area contributed by atoms with Crippen molar-refractivity contribution in [3.05, 3.63) is 68.6 Å². The standard InChI is InChI=1S/C31H38Cl2N6O4/c32-24-6-5-21(19-25(24)33)20-28(29(40)37-13-7-22(8-14-37)36-17-11-34-12-18-36)43-31(42)38-15-9-23(10-16-38)39-27-4-2-1-3-26(27)35-30(39)41/h1-6,19,22-23,28,34H,7-18,20H2,(H,35,41)/t28-/m1/s1. The van der Waals surface area contributed by atoms with Gasteiger partial charge in [0.2, 0.25) is 0 Å². The zero-order valence-corrected chi connectivity index (χ0v) is 25.7. The summed E-state index contributed by atoms with van der Waals surface area (Å²) in [5.74, 6) is -0.182.